The highest BCUT2D eigenvalue weighted by Crippen LogP contribution is 2.23. The van der Waals surface area contributed by atoms with Crippen LogP contribution in [-0.2, 0) is 4.79 Å². The third-order valence-corrected chi connectivity index (χ3v) is 3.43. The Labute approximate surface area is 136 Å². The van der Waals surface area contributed by atoms with E-state index >= 15 is 0 Å². The van der Waals surface area contributed by atoms with Gasteiger partial charge in [-0.05, 0) is 36.4 Å². The van der Waals surface area contributed by atoms with Gasteiger partial charge in [-0.1, -0.05) is 0 Å². The summed E-state index contributed by atoms with van der Waals surface area (Å²) in [6.07, 6.45) is 1.32. The summed E-state index contributed by atoms with van der Waals surface area (Å²) in [7, 11) is 0. The molecular weight excluding hydrogens is 316 g/mol. The number of urea groups is 1. The molecule has 3 amide bonds. The van der Waals surface area contributed by atoms with E-state index in [0.717, 1.165) is 10.6 Å². The second-order valence-electron chi connectivity index (χ2n) is 4.94. The number of amides is 3. The number of anilines is 1. The number of nitrogens with one attached hydrogen (secondary N) is 1. The van der Waals surface area contributed by atoms with Crippen LogP contribution in [0.3, 0.4) is 0 Å². The van der Waals surface area contributed by atoms with Crippen LogP contribution in [0.15, 0.2) is 45.9 Å². The molecule has 3 N–H and O–H groups in total. The summed E-state index contributed by atoms with van der Waals surface area (Å²) in [6, 6.07) is 9.62. The van der Waals surface area contributed by atoms with Crippen LogP contribution in [0.4, 0.5) is 10.5 Å². The Morgan fingerprint density at radius 2 is 1.96 bits per heavy atom. The average molecular weight is 330 g/mol. The Hall–Kier alpha value is -3.17. The molecule has 1 saturated heterocycles. The third kappa shape index (κ3) is 2.98. The van der Waals surface area contributed by atoms with Crippen molar-refractivity contribution in [3.63, 3.8) is 0 Å². The maximum Gasteiger partial charge on any atom is 0.349 e. The van der Waals surface area contributed by atoms with Crippen molar-refractivity contribution in [2.45, 2.75) is 0 Å². The molecule has 0 aliphatic carbocycles. The smallest absolute Gasteiger partial charge is 0.349 e. The second kappa shape index (κ2) is 6.52. The van der Waals surface area contributed by atoms with Gasteiger partial charge in [0, 0.05) is 5.56 Å². The number of furan rings is 1. The molecule has 24 heavy (non-hydrogen) atoms. The van der Waals surface area contributed by atoms with Gasteiger partial charge in [0.1, 0.15) is 24.8 Å². The zero-order valence-corrected chi connectivity index (χ0v) is 12.4. The summed E-state index contributed by atoms with van der Waals surface area (Å²) in [5, 5.41) is 22.6. The molecule has 2 aromatic rings. The van der Waals surface area contributed by atoms with Gasteiger partial charge in [0.15, 0.2) is 0 Å². The molecule has 0 bridgehead atoms. The predicted molar refractivity (Wildman–Crippen MR) is 83.2 cm³/mol. The fourth-order valence-corrected chi connectivity index (χ4v) is 2.17. The van der Waals surface area contributed by atoms with Gasteiger partial charge < -0.3 is 9.52 Å². The molecule has 9 nitrogen and oxygen atoms in total. The lowest BCUT2D eigenvalue weighted by molar-refractivity contribution is -0.127. The van der Waals surface area contributed by atoms with Crippen molar-refractivity contribution in [1.29, 1.82) is 0 Å². The lowest BCUT2D eigenvalue weighted by Gasteiger charge is -2.09. The molecule has 0 spiro atoms. The molecule has 0 radical (unpaired) electrons. The van der Waals surface area contributed by atoms with Crippen LogP contribution in [0.1, 0.15) is 5.76 Å². The van der Waals surface area contributed by atoms with E-state index in [9.17, 15) is 9.59 Å². The van der Waals surface area contributed by atoms with E-state index in [0.29, 0.717) is 22.1 Å². The standard InChI is InChI=1S/C15H14N4O5/c20-9-18-14(21)8-19(15(18)22)16-7-12-5-6-13(24-12)10-1-3-11(17-23)4-2-10/h1-7,17,20,23H,8-9H2/b16-7+. The largest absolute Gasteiger partial charge is 0.455 e. The van der Waals surface area contributed by atoms with Crippen LogP contribution in [-0.4, -0.2) is 51.7 Å². The molecule has 1 fully saturated rings. The molecule has 1 aromatic carbocycles. The Morgan fingerprint density at radius 3 is 2.58 bits per heavy atom. The lowest BCUT2D eigenvalue weighted by atomic mass is 10.1. The SMILES string of the molecule is O=C1CN(/N=C/c2ccc(-c3ccc(NO)cc3)o2)C(=O)N1CO. The monoisotopic (exact) mass is 330 g/mol. The number of hydrazone groups is 1. The minimum atomic E-state index is -0.683. The van der Waals surface area contributed by atoms with Gasteiger partial charge in [0.25, 0.3) is 5.91 Å². The van der Waals surface area contributed by atoms with E-state index < -0.39 is 18.7 Å². The highest BCUT2D eigenvalue weighted by atomic mass is 16.5. The number of carbonyl (C=O) groups excluding carboxylic acids is 2. The maximum absolute atomic E-state index is 11.8. The number of aliphatic hydroxyl groups is 1. The van der Waals surface area contributed by atoms with Gasteiger partial charge in [0.2, 0.25) is 0 Å². The van der Waals surface area contributed by atoms with Crippen molar-refractivity contribution in [2.24, 2.45) is 5.10 Å². The molecule has 0 atom stereocenters. The summed E-state index contributed by atoms with van der Waals surface area (Å²) in [6.45, 7) is -0.896. The molecule has 1 aliphatic heterocycles. The first-order chi connectivity index (χ1) is 11.6. The second-order valence-corrected chi connectivity index (χ2v) is 4.94. The fraction of sp³-hybridized carbons (Fsp3) is 0.133. The van der Waals surface area contributed by atoms with Crippen LogP contribution in [0.25, 0.3) is 11.3 Å². The summed E-state index contributed by atoms with van der Waals surface area (Å²) in [5.41, 5.74) is 3.39. The Bertz CT molecular complexity index is 783. The molecule has 2 heterocycles. The number of nitrogens with zero attached hydrogens (tertiary/aromatic N) is 3. The minimum Gasteiger partial charge on any atom is -0.455 e. The molecule has 9 heteroatoms. The van der Waals surface area contributed by atoms with Crippen LogP contribution in [0.5, 0.6) is 0 Å². The number of benzene rings is 1. The molecular formula is C15H14N4O5. The van der Waals surface area contributed by atoms with Crippen LogP contribution in [0.2, 0.25) is 0 Å². The van der Waals surface area contributed by atoms with E-state index in [1.807, 2.05) is 5.48 Å². The highest BCUT2D eigenvalue weighted by Gasteiger charge is 2.35. The van der Waals surface area contributed by atoms with Gasteiger partial charge in [-0.3, -0.25) is 15.5 Å². The summed E-state index contributed by atoms with van der Waals surface area (Å²) in [5.74, 6) is 0.469. The van der Waals surface area contributed by atoms with Crippen LogP contribution >= 0.6 is 0 Å². The van der Waals surface area contributed by atoms with Gasteiger partial charge in [-0.2, -0.15) is 5.10 Å². The van der Waals surface area contributed by atoms with Gasteiger partial charge in [0.05, 0.1) is 11.9 Å². The van der Waals surface area contributed by atoms with E-state index in [2.05, 4.69) is 5.10 Å². The van der Waals surface area contributed by atoms with Crippen molar-refractivity contribution >= 4 is 23.8 Å². The van der Waals surface area contributed by atoms with Gasteiger partial charge in [-0.15, -0.1) is 0 Å². The van der Waals surface area contributed by atoms with Crippen molar-refractivity contribution in [2.75, 3.05) is 18.8 Å². The highest BCUT2D eigenvalue weighted by molar-refractivity contribution is 6.02. The number of imide groups is 1. The zero-order valence-electron chi connectivity index (χ0n) is 12.4. The Balaban J connectivity index is 1.72. The number of hydrogen-bond donors (Lipinski definition) is 3. The number of hydrogen-bond acceptors (Lipinski definition) is 7. The molecule has 0 saturated carbocycles. The predicted octanol–water partition coefficient (Wildman–Crippen LogP) is 1.30. The summed E-state index contributed by atoms with van der Waals surface area (Å²) >= 11 is 0. The Morgan fingerprint density at radius 1 is 1.21 bits per heavy atom. The first-order valence-corrected chi connectivity index (χ1v) is 6.99. The van der Waals surface area contributed by atoms with Crippen LogP contribution in [0, 0.1) is 0 Å². The number of rotatable bonds is 5. The quantitative estimate of drug-likeness (QED) is 0.432. The lowest BCUT2D eigenvalue weighted by Crippen LogP contribution is -2.32. The van der Waals surface area contributed by atoms with Crippen molar-refractivity contribution in [3.05, 3.63) is 42.2 Å². The van der Waals surface area contributed by atoms with E-state index in [-0.39, 0.29) is 6.54 Å². The van der Waals surface area contributed by atoms with Gasteiger partial charge >= 0.3 is 6.03 Å². The van der Waals surface area contributed by atoms with E-state index in [1.165, 1.54) is 6.21 Å². The third-order valence-electron chi connectivity index (χ3n) is 3.43. The van der Waals surface area contributed by atoms with Crippen LogP contribution < -0.4 is 5.48 Å². The fourth-order valence-electron chi connectivity index (χ4n) is 2.17. The molecule has 124 valence electrons. The van der Waals surface area contributed by atoms with Crippen molar-refractivity contribution < 1.29 is 24.3 Å². The number of carbonyl (C=O) groups is 2. The topological polar surface area (TPSA) is 119 Å². The first kappa shape index (κ1) is 15.7. The molecule has 1 aliphatic rings. The molecule has 1 aromatic heterocycles. The first-order valence-electron chi connectivity index (χ1n) is 6.99. The molecule has 3 rings (SSSR count). The van der Waals surface area contributed by atoms with Crippen molar-refractivity contribution in [1.82, 2.24) is 9.91 Å². The summed E-state index contributed by atoms with van der Waals surface area (Å²) < 4.78 is 5.60. The average Bonchev–Trinajstić information content (AvgIpc) is 3.17. The maximum atomic E-state index is 11.8. The Kier molecular flexibility index (Phi) is 4.27. The number of aliphatic hydroxyl groups excluding tert-OH is 1. The van der Waals surface area contributed by atoms with Crippen molar-refractivity contribution in [3.8, 4) is 11.3 Å². The zero-order chi connectivity index (χ0) is 17.1. The van der Waals surface area contributed by atoms with E-state index in [4.69, 9.17) is 14.7 Å². The normalized spacial score (nSPS) is 14.9. The molecule has 0 unspecified atom stereocenters. The summed E-state index contributed by atoms with van der Waals surface area (Å²) in [4.78, 5) is 23.9. The minimum absolute atomic E-state index is 0.223. The van der Waals surface area contributed by atoms with E-state index in [1.54, 1.807) is 36.4 Å². The van der Waals surface area contributed by atoms with Gasteiger partial charge in [-0.25, -0.2) is 14.7 Å².